The number of hydrogen-bond donors (Lipinski definition) is 1. The van der Waals surface area contributed by atoms with Gasteiger partial charge in [0.2, 0.25) is 0 Å². The van der Waals surface area contributed by atoms with E-state index in [2.05, 4.69) is 6.07 Å². The summed E-state index contributed by atoms with van der Waals surface area (Å²) < 4.78 is 38.1. The van der Waals surface area contributed by atoms with E-state index in [1.807, 2.05) is 30.3 Å². The van der Waals surface area contributed by atoms with Crippen LogP contribution in [0.25, 0.3) is 0 Å². The van der Waals surface area contributed by atoms with E-state index in [1.165, 1.54) is 6.07 Å². The molecule has 0 amide bonds. The number of halogens is 3. The van der Waals surface area contributed by atoms with Crippen LogP contribution in [0.1, 0.15) is 23.6 Å². The number of alkyl halides is 3. The fourth-order valence-corrected chi connectivity index (χ4v) is 2.44. The molecule has 0 aliphatic carbocycles. The maximum Gasteiger partial charge on any atom is 0.416 e. The van der Waals surface area contributed by atoms with Gasteiger partial charge in [0.1, 0.15) is 0 Å². The Morgan fingerprint density at radius 2 is 1.73 bits per heavy atom. The molecule has 1 unspecified atom stereocenters. The molecule has 22 heavy (non-hydrogen) atoms. The first-order chi connectivity index (χ1) is 10.3. The molecule has 5 heteroatoms. The van der Waals surface area contributed by atoms with Crippen LogP contribution in [0.15, 0.2) is 48.5 Å². The normalized spacial score (nSPS) is 14.1. The quantitative estimate of drug-likeness (QED) is 0.859. The first-order valence-electron chi connectivity index (χ1n) is 6.69. The molecule has 1 atom stereocenters. The number of nitrogens with two attached hydrogens (primary N) is 1. The number of anilines is 1. The second-order valence-electron chi connectivity index (χ2n) is 5.41. The Labute approximate surface area is 127 Å². The molecule has 114 valence electrons. The van der Waals surface area contributed by atoms with Gasteiger partial charge in [0.05, 0.1) is 17.0 Å². The van der Waals surface area contributed by atoms with Crippen molar-refractivity contribution < 1.29 is 13.2 Å². The molecule has 0 aliphatic rings. The molecule has 0 saturated heterocycles. The lowest BCUT2D eigenvalue weighted by molar-refractivity contribution is -0.137. The van der Waals surface area contributed by atoms with Crippen LogP contribution >= 0.6 is 0 Å². The summed E-state index contributed by atoms with van der Waals surface area (Å²) in [6, 6.07) is 14.6. The van der Waals surface area contributed by atoms with Crippen LogP contribution in [0.3, 0.4) is 0 Å². The lowest BCUT2D eigenvalue weighted by Gasteiger charge is -2.24. The Morgan fingerprint density at radius 1 is 1.09 bits per heavy atom. The van der Waals surface area contributed by atoms with Crippen molar-refractivity contribution in [3.8, 4) is 6.07 Å². The summed E-state index contributed by atoms with van der Waals surface area (Å²) in [6.45, 7) is 1.68. The monoisotopic (exact) mass is 304 g/mol. The Bertz CT molecular complexity index is 702. The summed E-state index contributed by atoms with van der Waals surface area (Å²) in [7, 11) is 0. The highest BCUT2D eigenvalue weighted by Crippen LogP contribution is 2.36. The van der Waals surface area contributed by atoms with E-state index in [1.54, 1.807) is 6.92 Å². The van der Waals surface area contributed by atoms with Crippen LogP contribution in [-0.2, 0) is 18.0 Å². The molecule has 2 N–H and O–H groups in total. The summed E-state index contributed by atoms with van der Waals surface area (Å²) in [4.78, 5) is 0. The van der Waals surface area contributed by atoms with Crippen LogP contribution < -0.4 is 5.73 Å². The molecule has 2 nitrogen and oxygen atoms in total. The number of benzene rings is 2. The van der Waals surface area contributed by atoms with Crippen LogP contribution in [-0.4, -0.2) is 0 Å². The fourth-order valence-electron chi connectivity index (χ4n) is 2.44. The van der Waals surface area contributed by atoms with Crippen LogP contribution in [0.2, 0.25) is 0 Å². The molecule has 0 heterocycles. The molecule has 2 aromatic carbocycles. The maximum atomic E-state index is 12.7. The molecular formula is C17H15F3N2. The molecule has 0 radical (unpaired) electrons. The zero-order valence-electron chi connectivity index (χ0n) is 12.0. The minimum absolute atomic E-state index is 0.0187. The van der Waals surface area contributed by atoms with Gasteiger partial charge in [0.25, 0.3) is 0 Å². The smallest absolute Gasteiger partial charge is 0.398 e. The van der Waals surface area contributed by atoms with E-state index in [-0.39, 0.29) is 5.69 Å². The summed E-state index contributed by atoms with van der Waals surface area (Å²) in [6.07, 6.45) is -4.07. The lowest BCUT2D eigenvalue weighted by atomic mass is 9.77. The SMILES string of the molecule is CC(C#N)(Cc1ccccc1)c1ccc(C(F)(F)F)cc1N. The van der Waals surface area contributed by atoms with E-state index < -0.39 is 17.2 Å². The Morgan fingerprint density at radius 3 is 2.23 bits per heavy atom. The first-order valence-corrected chi connectivity index (χ1v) is 6.69. The summed E-state index contributed by atoms with van der Waals surface area (Å²) in [5, 5.41) is 9.53. The lowest BCUT2D eigenvalue weighted by Crippen LogP contribution is -2.24. The molecule has 0 aliphatic heterocycles. The van der Waals surface area contributed by atoms with Crippen molar-refractivity contribution in [2.24, 2.45) is 0 Å². The Hall–Kier alpha value is -2.48. The van der Waals surface area contributed by atoms with Crippen LogP contribution in [0, 0.1) is 11.3 Å². The van der Waals surface area contributed by atoms with Crippen LogP contribution in [0.5, 0.6) is 0 Å². The number of hydrogen-bond acceptors (Lipinski definition) is 2. The van der Waals surface area contributed by atoms with Crippen molar-refractivity contribution >= 4 is 5.69 Å². The second kappa shape index (κ2) is 5.72. The van der Waals surface area contributed by atoms with Crippen LogP contribution in [0.4, 0.5) is 18.9 Å². The average Bonchev–Trinajstić information content (AvgIpc) is 2.47. The Kier molecular flexibility index (Phi) is 4.14. The third-order valence-electron chi connectivity index (χ3n) is 3.62. The van der Waals surface area contributed by atoms with Gasteiger partial charge in [0.15, 0.2) is 0 Å². The van der Waals surface area contributed by atoms with Crippen molar-refractivity contribution in [1.29, 1.82) is 5.26 Å². The third kappa shape index (κ3) is 3.22. The van der Waals surface area contributed by atoms with Gasteiger partial charge < -0.3 is 5.73 Å². The molecule has 2 rings (SSSR count). The summed E-state index contributed by atoms with van der Waals surface area (Å²) in [5.41, 5.74) is 5.29. The van der Waals surface area contributed by atoms with Gasteiger partial charge in [-0.1, -0.05) is 36.4 Å². The van der Waals surface area contributed by atoms with Gasteiger partial charge >= 0.3 is 6.18 Å². The van der Waals surface area contributed by atoms with Gasteiger partial charge in [-0.3, -0.25) is 0 Å². The number of rotatable bonds is 3. The highest BCUT2D eigenvalue weighted by atomic mass is 19.4. The van der Waals surface area contributed by atoms with E-state index in [9.17, 15) is 18.4 Å². The molecular weight excluding hydrogens is 289 g/mol. The van der Waals surface area contributed by atoms with Gasteiger partial charge in [-0.05, 0) is 36.6 Å². The van der Waals surface area contributed by atoms with Gasteiger partial charge in [-0.25, -0.2) is 0 Å². The molecule has 0 spiro atoms. The standard InChI is InChI=1S/C17H15F3N2/c1-16(11-21,10-12-5-3-2-4-6-12)14-8-7-13(9-15(14)22)17(18,19)20/h2-9H,10,22H2,1H3. The van der Waals surface area contributed by atoms with Crippen molar-refractivity contribution in [3.05, 3.63) is 65.2 Å². The third-order valence-corrected chi connectivity index (χ3v) is 3.62. The largest absolute Gasteiger partial charge is 0.416 e. The molecule has 0 aromatic heterocycles. The highest BCUT2D eigenvalue weighted by Gasteiger charge is 2.34. The average molecular weight is 304 g/mol. The molecule has 0 fully saturated rings. The summed E-state index contributed by atoms with van der Waals surface area (Å²) >= 11 is 0. The zero-order valence-corrected chi connectivity index (χ0v) is 12.0. The Balaban J connectivity index is 2.41. The minimum atomic E-state index is -4.45. The van der Waals surface area contributed by atoms with Crippen molar-refractivity contribution in [2.75, 3.05) is 5.73 Å². The second-order valence-corrected chi connectivity index (χ2v) is 5.41. The zero-order chi connectivity index (χ0) is 16.4. The minimum Gasteiger partial charge on any atom is -0.398 e. The van der Waals surface area contributed by atoms with Crippen molar-refractivity contribution in [3.63, 3.8) is 0 Å². The number of nitrogens with zero attached hydrogens (tertiary/aromatic N) is 1. The van der Waals surface area contributed by atoms with E-state index in [4.69, 9.17) is 5.73 Å². The summed E-state index contributed by atoms with van der Waals surface area (Å²) in [5.74, 6) is 0. The number of nitriles is 1. The van der Waals surface area contributed by atoms with Gasteiger partial charge in [-0.15, -0.1) is 0 Å². The van der Waals surface area contributed by atoms with E-state index in [0.717, 1.165) is 17.7 Å². The maximum absolute atomic E-state index is 12.7. The molecule has 0 saturated carbocycles. The van der Waals surface area contributed by atoms with E-state index >= 15 is 0 Å². The molecule has 2 aromatic rings. The van der Waals surface area contributed by atoms with Gasteiger partial charge in [0, 0.05) is 5.69 Å². The predicted molar refractivity (Wildman–Crippen MR) is 79.0 cm³/mol. The predicted octanol–water partition coefficient (Wildman–Crippen LogP) is 4.31. The van der Waals surface area contributed by atoms with Crippen molar-refractivity contribution in [1.82, 2.24) is 0 Å². The molecule has 0 bridgehead atoms. The topological polar surface area (TPSA) is 49.8 Å². The van der Waals surface area contributed by atoms with Gasteiger partial charge in [-0.2, -0.15) is 18.4 Å². The first kappa shape index (κ1) is 15.9. The highest BCUT2D eigenvalue weighted by molar-refractivity contribution is 5.56. The number of nitrogen functional groups attached to an aromatic ring is 1. The van der Waals surface area contributed by atoms with E-state index in [0.29, 0.717) is 12.0 Å². The fraction of sp³-hybridized carbons (Fsp3) is 0.235. The van der Waals surface area contributed by atoms with Crippen molar-refractivity contribution in [2.45, 2.75) is 24.9 Å².